The van der Waals surface area contributed by atoms with Gasteiger partial charge in [-0.15, -0.1) is 0 Å². The summed E-state index contributed by atoms with van der Waals surface area (Å²) < 4.78 is 0. The van der Waals surface area contributed by atoms with Crippen molar-refractivity contribution in [2.45, 2.75) is 6.92 Å². The SMILES string of the molecule is C=C(C)C(N)=O.O=C(O)c1ccccc1. The molecule has 3 N–H and O–H groups in total. The minimum Gasteiger partial charge on any atom is -0.478 e. The molecule has 0 saturated carbocycles. The van der Waals surface area contributed by atoms with Gasteiger partial charge in [-0.1, -0.05) is 24.8 Å². The molecule has 1 rings (SSSR count). The number of hydrogen-bond donors (Lipinski definition) is 2. The van der Waals surface area contributed by atoms with Crippen molar-refractivity contribution in [3.8, 4) is 0 Å². The van der Waals surface area contributed by atoms with Gasteiger partial charge < -0.3 is 10.8 Å². The lowest BCUT2D eigenvalue weighted by molar-refractivity contribution is -0.114. The van der Waals surface area contributed by atoms with E-state index in [0.717, 1.165) is 0 Å². The Hall–Kier alpha value is -2.10. The first-order valence-electron chi connectivity index (χ1n) is 4.18. The minimum absolute atomic E-state index is 0.331. The number of carbonyl (C=O) groups excluding carboxylic acids is 1. The molecule has 0 fully saturated rings. The Morgan fingerprint density at radius 2 is 1.67 bits per heavy atom. The van der Waals surface area contributed by atoms with Gasteiger partial charge in [-0.3, -0.25) is 4.79 Å². The summed E-state index contributed by atoms with van der Waals surface area (Å²) in [6, 6.07) is 8.30. The van der Waals surface area contributed by atoms with E-state index >= 15 is 0 Å². The van der Waals surface area contributed by atoms with Crippen molar-refractivity contribution >= 4 is 11.9 Å². The smallest absolute Gasteiger partial charge is 0.335 e. The highest BCUT2D eigenvalue weighted by atomic mass is 16.4. The van der Waals surface area contributed by atoms with Crippen LogP contribution in [0, 0.1) is 0 Å². The van der Waals surface area contributed by atoms with Crippen molar-refractivity contribution in [2.75, 3.05) is 0 Å². The number of carboxylic acid groups (broad SMARTS) is 1. The van der Waals surface area contributed by atoms with Crippen LogP contribution >= 0.6 is 0 Å². The number of aromatic carboxylic acids is 1. The predicted molar refractivity (Wildman–Crippen MR) is 57.4 cm³/mol. The van der Waals surface area contributed by atoms with Crippen LogP contribution in [0.1, 0.15) is 17.3 Å². The van der Waals surface area contributed by atoms with Gasteiger partial charge in [-0.25, -0.2) is 4.79 Å². The second-order valence-electron chi connectivity index (χ2n) is 2.82. The first-order chi connectivity index (χ1) is 6.95. The summed E-state index contributed by atoms with van der Waals surface area (Å²) in [6.45, 7) is 4.85. The van der Waals surface area contributed by atoms with Gasteiger partial charge in [0.1, 0.15) is 0 Å². The molecular weight excluding hydrogens is 194 g/mol. The van der Waals surface area contributed by atoms with E-state index in [4.69, 9.17) is 10.8 Å². The molecule has 0 heterocycles. The Morgan fingerprint density at radius 1 is 1.27 bits per heavy atom. The Balaban J connectivity index is 0.000000288. The van der Waals surface area contributed by atoms with E-state index in [9.17, 15) is 9.59 Å². The molecule has 0 saturated heterocycles. The third-order valence-corrected chi connectivity index (χ3v) is 1.44. The largest absolute Gasteiger partial charge is 0.478 e. The zero-order valence-electron chi connectivity index (χ0n) is 8.43. The summed E-state index contributed by atoms with van der Waals surface area (Å²) in [5, 5.41) is 8.38. The highest BCUT2D eigenvalue weighted by Crippen LogP contribution is 1.96. The molecule has 0 radical (unpaired) electrons. The van der Waals surface area contributed by atoms with Crippen molar-refractivity contribution in [2.24, 2.45) is 5.73 Å². The average Bonchev–Trinajstić information content (AvgIpc) is 2.20. The van der Waals surface area contributed by atoms with Gasteiger partial charge in [0, 0.05) is 5.57 Å². The maximum Gasteiger partial charge on any atom is 0.335 e. The zero-order valence-corrected chi connectivity index (χ0v) is 8.43. The lowest BCUT2D eigenvalue weighted by atomic mass is 10.2. The van der Waals surface area contributed by atoms with E-state index in [1.54, 1.807) is 37.3 Å². The van der Waals surface area contributed by atoms with E-state index < -0.39 is 11.9 Å². The predicted octanol–water partition coefficient (Wildman–Crippen LogP) is 1.43. The number of carbonyl (C=O) groups is 2. The van der Waals surface area contributed by atoms with Crippen LogP contribution in [0.2, 0.25) is 0 Å². The van der Waals surface area contributed by atoms with Gasteiger partial charge in [0.15, 0.2) is 0 Å². The Bertz CT molecular complexity index is 345. The van der Waals surface area contributed by atoms with Crippen LogP contribution in [0.15, 0.2) is 42.5 Å². The second kappa shape index (κ2) is 6.37. The Morgan fingerprint density at radius 3 is 1.87 bits per heavy atom. The minimum atomic E-state index is -0.879. The van der Waals surface area contributed by atoms with Crippen LogP contribution in [0.3, 0.4) is 0 Å². The third kappa shape index (κ3) is 6.04. The molecule has 0 aliphatic rings. The number of nitrogens with two attached hydrogens (primary N) is 1. The second-order valence-corrected chi connectivity index (χ2v) is 2.82. The molecule has 1 aromatic carbocycles. The molecule has 0 bridgehead atoms. The van der Waals surface area contributed by atoms with Gasteiger partial charge in [-0.2, -0.15) is 0 Å². The average molecular weight is 207 g/mol. The fourth-order valence-electron chi connectivity index (χ4n) is 0.581. The number of amides is 1. The summed E-state index contributed by atoms with van der Waals surface area (Å²) in [7, 11) is 0. The molecular formula is C11H13NO3. The van der Waals surface area contributed by atoms with E-state index in [2.05, 4.69) is 6.58 Å². The molecule has 0 atom stereocenters. The molecule has 1 aromatic rings. The number of primary amides is 1. The van der Waals surface area contributed by atoms with Crippen LogP contribution in [0.5, 0.6) is 0 Å². The van der Waals surface area contributed by atoms with Gasteiger partial charge in [0.25, 0.3) is 0 Å². The molecule has 0 aliphatic carbocycles. The maximum atomic E-state index is 10.2. The topological polar surface area (TPSA) is 80.4 Å². The molecule has 4 heteroatoms. The van der Waals surface area contributed by atoms with Crippen LogP contribution < -0.4 is 5.73 Å². The summed E-state index contributed by atoms with van der Waals surface area (Å²) in [6.07, 6.45) is 0. The first kappa shape index (κ1) is 12.9. The van der Waals surface area contributed by atoms with Crippen LogP contribution in [-0.2, 0) is 4.79 Å². The molecule has 0 aliphatic heterocycles. The van der Waals surface area contributed by atoms with Crippen LogP contribution in [0.25, 0.3) is 0 Å². The van der Waals surface area contributed by atoms with Crippen molar-refractivity contribution < 1.29 is 14.7 Å². The van der Waals surface area contributed by atoms with Gasteiger partial charge in [0.05, 0.1) is 5.56 Å². The number of rotatable bonds is 2. The highest BCUT2D eigenvalue weighted by molar-refractivity contribution is 5.90. The fourth-order valence-corrected chi connectivity index (χ4v) is 0.581. The van der Waals surface area contributed by atoms with E-state index in [0.29, 0.717) is 11.1 Å². The normalized spacial score (nSPS) is 8.33. The molecule has 1 amide bonds. The summed E-state index contributed by atoms with van der Waals surface area (Å²) in [5.41, 5.74) is 5.43. The third-order valence-electron chi connectivity index (χ3n) is 1.44. The van der Waals surface area contributed by atoms with Gasteiger partial charge >= 0.3 is 5.97 Å². The lowest BCUT2D eigenvalue weighted by Crippen LogP contribution is -2.10. The number of hydrogen-bond acceptors (Lipinski definition) is 2. The van der Waals surface area contributed by atoms with Crippen molar-refractivity contribution in [1.29, 1.82) is 0 Å². The molecule has 0 spiro atoms. The summed E-state index contributed by atoms with van der Waals surface area (Å²) in [4.78, 5) is 20.0. The maximum absolute atomic E-state index is 10.2. The molecule has 4 nitrogen and oxygen atoms in total. The lowest BCUT2D eigenvalue weighted by Gasteiger charge is -1.88. The quantitative estimate of drug-likeness (QED) is 0.720. The highest BCUT2D eigenvalue weighted by Gasteiger charge is 1.96. The monoisotopic (exact) mass is 207 g/mol. The van der Waals surface area contributed by atoms with Gasteiger partial charge in [-0.05, 0) is 19.1 Å². The molecule has 0 aromatic heterocycles. The van der Waals surface area contributed by atoms with Crippen LogP contribution in [0.4, 0.5) is 0 Å². The molecule has 0 unspecified atom stereocenters. The standard InChI is InChI=1S/C7H6O2.C4H7NO/c8-7(9)6-4-2-1-3-5-6;1-3(2)4(5)6/h1-5H,(H,8,9);1H2,2H3,(H2,5,6). The van der Waals surface area contributed by atoms with E-state index in [-0.39, 0.29) is 0 Å². The van der Waals surface area contributed by atoms with Crippen molar-refractivity contribution in [3.05, 3.63) is 48.0 Å². The van der Waals surface area contributed by atoms with Gasteiger partial charge in [0.2, 0.25) is 5.91 Å². The fraction of sp³-hybridized carbons (Fsp3) is 0.0909. The first-order valence-corrected chi connectivity index (χ1v) is 4.18. The Kier molecular flexibility index (Phi) is 5.48. The Labute approximate surface area is 88.0 Å². The van der Waals surface area contributed by atoms with Crippen molar-refractivity contribution in [3.63, 3.8) is 0 Å². The molecule has 80 valence electrons. The zero-order chi connectivity index (χ0) is 11.8. The summed E-state index contributed by atoms with van der Waals surface area (Å²) >= 11 is 0. The van der Waals surface area contributed by atoms with E-state index in [1.807, 2.05) is 0 Å². The van der Waals surface area contributed by atoms with Crippen LogP contribution in [-0.4, -0.2) is 17.0 Å². The molecule has 15 heavy (non-hydrogen) atoms. The number of carboxylic acids is 1. The summed E-state index contributed by atoms with van der Waals surface area (Å²) in [5.74, 6) is -1.31. The van der Waals surface area contributed by atoms with Crippen molar-refractivity contribution in [1.82, 2.24) is 0 Å². The number of benzene rings is 1. The van der Waals surface area contributed by atoms with E-state index in [1.165, 1.54) is 0 Å².